The molecule has 3 aromatic rings. The van der Waals surface area contributed by atoms with Crippen molar-refractivity contribution in [2.24, 2.45) is 0 Å². The van der Waals surface area contributed by atoms with E-state index in [1.165, 1.54) is 30.3 Å². The van der Waals surface area contributed by atoms with Gasteiger partial charge >= 0.3 is 12.1 Å². The highest BCUT2D eigenvalue weighted by atomic mass is 79.9. The molecular formula is C22H14BrClF3NO3. The fourth-order valence-electron chi connectivity index (χ4n) is 2.75. The first-order valence-electron chi connectivity index (χ1n) is 8.84. The number of carbonyl (C=O) groups is 2. The van der Waals surface area contributed by atoms with Gasteiger partial charge in [-0.3, -0.25) is 4.79 Å². The Morgan fingerprint density at radius 3 is 2.32 bits per heavy atom. The van der Waals surface area contributed by atoms with Crippen LogP contribution in [0.4, 0.5) is 18.9 Å². The summed E-state index contributed by atoms with van der Waals surface area (Å²) in [6, 6.07) is 17.3. The molecule has 3 rings (SSSR count). The van der Waals surface area contributed by atoms with Crippen molar-refractivity contribution in [3.63, 3.8) is 0 Å². The second-order valence-electron chi connectivity index (χ2n) is 6.38. The van der Waals surface area contributed by atoms with Crippen LogP contribution in [0.3, 0.4) is 0 Å². The summed E-state index contributed by atoms with van der Waals surface area (Å²) in [7, 11) is 0. The Morgan fingerprint density at radius 1 is 0.968 bits per heavy atom. The summed E-state index contributed by atoms with van der Waals surface area (Å²) in [6.07, 6.45) is -6.23. The minimum atomic E-state index is -4.75. The lowest BCUT2D eigenvalue weighted by Gasteiger charge is -2.20. The van der Waals surface area contributed by atoms with Crippen LogP contribution in [0.2, 0.25) is 5.02 Å². The molecule has 0 aliphatic rings. The predicted molar refractivity (Wildman–Crippen MR) is 114 cm³/mol. The molecule has 0 heterocycles. The topological polar surface area (TPSA) is 55.4 Å². The molecule has 0 fully saturated rings. The monoisotopic (exact) mass is 511 g/mol. The van der Waals surface area contributed by atoms with Gasteiger partial charge in [0.15, 0.2) is 0 Å². The molecule has 4 nitrogen and oxygen atoms in total. The molecule has 1 unspecified atom stereocenters. The van der Waals surface area contributed by atoms with Gasteiger partial charge in [-0.1, -0.05) is 63.9 Å². The smallest absolute Gasteiger partial charge is 0.418 e. The molecule has 0 spiro atoms. The lowest BCUT2D eigenvalue weighted by atomic mass is 10.1. The van der Waals surface area contributed by atoms with Gasteiger partial charge in [-0.25, -0.2) is 4.79 Å². The van der Waals surface area contributed by atoms with E-state index in [0.29, 0.717) is 16.1 Å². The number of esters is 1. The third kappa shape index (κ3) is 5.86. The maximum Gasteiger partial charge on any atom is 0.418 e. The number of alkyl halides is 3. The SMILES string of the molecule is O=C(OC(C(=O)Nc1ccc(Cl)cc1C(F)(F)F)c1ccccc1)c1cccc(Br)c1. The van der Waals surface area contributed by atoms with Crippen molar-refractivity contribution < 1.29 is 27.5 Å². The van der Waals surface area contributed by atoms with Crippen molar-refractivity contribution in [2.75, 3.05) is 5.32 Å². The molecule has 1 amide bonds. The largest absolute Gasteiger partial charge is 0.444 e. The molecular weight excluding hydrogens is 499 g/mol. The Balaban J connectivity index is 1.92. The fraction of sp³-hybridized carbons (Fsp3) is 0.0909. The number of carbonyl (C=O) groups excluding carboxylic acids is 2. The molecule has 160 valence electrons. The molecule has 0 radical (unpaired) electrons. The summed E-state index contributed by atoms with van der Waals surface area (Å²) in [5, 5.41) is 2.07. The Bertz CT molecular complexity index is 1110. The first-order chi connectivity index (χ1) is 14.6. The normalized spacial score (nSPS) is 12.2. The zero-order valence-corrected chi connectivity index (χ0v) is 18.0. The van der Waals surface area contributed by atoms with Gasteiger partial charge < -0.3 is 10.1 Å². The zero-order chi connectivity index (χ0) is 22.6. The van der Waals surface area contributed by atoms with Crippen molar-refractivity contribution >= 4 is 45.1 Å². The van der Waals surface area contributed by atoms with Gasteiger partial charge in [-0.15, -0.1) is 0 Å². The minimum absolute atomic E-state index is 0.133. The molecule has 0 bridgehead atoms. The molecule has 0 aliphatic carbocycles. The van der Waals surface area contributed by atoms with Crippen molar-refractivity contribution in [2.45, 2.75) is 12.3 Å². The Morgan fingerprint density at radius 2 is 1.68 bits per heavy atom. The minimum Gasteiger partial charge on any atom is -0.444 e. The van der Waals surface area contributed by atoms with Crippen LogP contribution in [-0.2, 0) is 15.7 Å². The van der Waals surface area contributed by atoms with E-state index in [2.05, 4.69) is 21.2 Å². The lowest BCUT2D eigenvalue weighted by Crippen LogP contribution is -2.27. The number of amides is 1. The van der Waals surface area contributed by atoms with Gasteiger partial charge in [0, 0.05) is 15.1 Å². The first-order valence-corrected chi connectivity index (χ1v) is 10.0. The van der Waals surface area contributed by atoms with Crippen LogP contribution in [0, 0.1) is 0 Å². The van der Waals surface area contributed by atoms with Gasteiger partial charge in [0.2, 0.25) is 6.10 Å². The average Bonchev–Trinajstić information content (AvgIpc) is 2.73. The summed E-state index contributed by atoms with van der Waals surface area (Å²) in [4.78, 5) is 25.5. The highest BCUT2D eigenvalue weighted by molar-refractivity contribution is 9.10. The summed E-state index contributed by atoms with van der Waals surface area (Å²) in [5.41, 5.74) is -1.14. The first kappa shape index (κ1) is 22.8. The molecule has 0 aliphatic heterocycles. The Labute approximate surface area is 189 Å². The van der Waals surface area contributed by atoms with E-state index < -0.39 is 35.4 Å². The number of anilines is 1. The quantitative estimate of drug-likeness (QED) is 0.389. The van der Waals surface area contributed by atoms with Crippen molar-refractivity contribution in [3.8, 4) is 0 Å². The molecule has 1 atom stereocenters. The van der Waals surface area contributed by atoms with Crippen LogP contribution < -0.4 is 5.32 Å². The Hall–Kier alpha value is -2.84. The molecule has 0 saturated heterocycles. The third-order valence-corrected chi connectivity index (χ3v) is 4.90. The van der Waals surface area contributed by atoms with Gasteiger partial charge in [-0.2, -0.15) is 13.2 Å². The maximum absolute atomic E-state index is 13.4. The average molecular weight is 513 g/mol. The molecule has 3 aromatic carbocycles. The van der Waals surface area contributed by atoms with Gasteiger partial charge in [-0.05, 0) is 36.4 Å². The second kappa shape index (κ2) is 9.53. The number of hydrogen-bond acceptors (Lipinski definition) is 3. The number of benzene rings is 3. The lowest BCUT2D eigenvalue weighted by molar-refractivity contribution is -0.137. The van der Waals surface area contributed by atoms with E-state index >= 15 is 0 Å². The zero-order valence-electron chi connectivity index (χ0n) is 15.6. The summed E-state index contributed by atoms with van der Waals surface area (Å²) >= 11 is 8.92. The van der Waals surface area contributed by atoms with Crippen LogP contribution in [0.25, 0.3) is 0 Å². The van der Waals surface area contributed by atoms with Gasteiger partial charge in [0.1, 0.15) is 0 Å². The Kier molecular flexibility index (Phi) is 7.02. The van der Waals surface area contributed by atoms with E-state index in [-0.39, 0.29) is 10.6 Å². The van der Waals surface area contributed by atoms with Gasteiger partial charge in [0.05, 0.1) is 16.8 Å². The molecule has 9 heteroatoms. The van der Waals surface area contributed by atoms with Crippen LogP contribution in [0.5, 0.6) is 0 Å². The summed E-state index contributed by atoms with van der Waals surface area (Å²) in [5.74, 6) is -1.75. The van der Waals surface area contributed by atoms with E-state index in [0.717, 1.165) is 6.07 Å². The highest BCUT2D eigenvalue weighted by Crippen LogP contribution is 2.37. The maximum atomic E-state index is 13.4. The predicted octanol–water partition coefficient (Wildman–Crippen LogP) is 6.66. The highest BCUT2D eigenvalue weighted by Gasteiger charge is 2.35. The number of ether oxygens (including phenoxy) is 1. The van der Waals surface area contributed by atoms with Crippen molar-refractivity contribution in [1.82, 2.24) is 0 Å². The summed E-state index contributed by atoms with van der Waals surface area (Å²) in [6.45, 7) is 0. The van der Waals surface area contributed by atoms with E-state index in [1.54, 1.807) is 30.3 Å². The van der Waals surface area contributed by atoms with Crippen molar-refractivity contribution in [1.29, 1.82) is 0 Å². The van der Waals surface area contributed by atoms with Gasteiger partial charge in [0.25, 0.3) is 5.91 Å². The van der Waals surface area contributed by atoms with Crippen LogP contribution in [-0.4, -0.2) is 11.9 Å². The fourth-order valence-corrected chi connectivity index (χ4v) is 3.32. The van der Waals surface area contributed by atoms with E-state index in [1.807, 2.05) is 0 Å². The second-order valence-corrected chi connectivity index (χ2v) is 7.74. The van der Waals surface area contributed by atoms with E-state index in [4.69, 9.17) is 16.3 Å². The molecule has 0 aromatic heterocycles. The number of rotatable bonds is 5. The number of nitrogens with one attached hydrogen (secondary N) is 1. The van der Waals surface area contributed by atoms with E-state index in [9.17, 15) is 22.8 Å². The summed E-state index contributed by atoms with van der Waals surface area (Å²) < 4.78 is 46.1. The standard InChI is InChI=1S/C22H14BrClF3NO3/c23-15-8-4-7-14(11-15)21(30)31-19(13-5-2-1-3-6-13)20(29)28-18-10-9-16(24)12-17(18)22(25,26)27/h1-12,19H,(H,28,29). The molecule has 1 N–H and O–H groups in total. The molecule has 0 saturated carbocycles. The number of halogens is 5. The van der Waals surface area contributed by atoms with Crippen molar-refractivity contribution in [3.05, 3.63) is 99.0 Å². The third-order valence-electron chi connectivity index (χ3n) is 4.17. The number of hydrogen-bond donors (Lipinski definition) is 1. The van der Waals surface area contributed by atoms with Crippen LogP contribution in [0.15, 0.2) is 77.3 Å². The van der Waals surface area contributed by atoms with Crippen LogP contribution >= 0.6 is 27.5 Å². The van der Waals surface area contributed by atoms with Crippen LogP contribution in [0.1, 0.15) is 27.6 Å². The molecule has 31 heavy (non-hydrogen) atoms.